The number of rotatable bonds is 2. The number of aromatic nitrogens is 2. The van der Waals surface area contributed by atoms with Crippen LogP contribution < -0.4 is 5.73 Å². The molecule has 2 rings (SSSR count). The van der Waals surface area contributed by atoms with Gasteiger partial charge in [0, 0.05) is 5.69 Å². The number of hydrogen-bond donors (Lipinski definition) is 1. The van der Waals surface area contributed by atoms with Crippen LogP contribution in [-0.4, -0.2) is 21.9 Å². The van der Waals surface area contributed by atoms with Gasteiger partial charge < -0.3 is 5.73 Å². The molecule has 72 valence electrons. The van der Waals surface area contributed by atoms with E-state index in [1.807, 2.05) is 25.1 Å². The van der Waals surface area contributed by atoms with E-state index in [2.05, 4.69) is 5.10 Å². The first-order valence-electron chi connectivity index (χ1n) is 4.41. The lowest BCUT2D eigenvalue weighted by Gasteiger charge is -1.95. The molecule has 0 aliphatic carbocycles. The molecule has 4 nitrogen and oxygen atoms in total. The molecular weight excluding hydrogens is 178 g/mol. The van der Waals surface area contributed by atoms with Gasteiger partial charge in [0.15, 0.2) is 5.78 Å². The first kappa shape index (κ1) is 8.90. The van der Waals surface area contributed by atoms with Gasteiger partial charge in [0.1, 0.15) is 5.69 Å². The van der Waals surface area contributed by atoms with Gasteiger partial charge in [0.05, 0.1) is 12.1 Å². The maximum absolute atomic E-state index is 11.3. The summed E-state index contributed by atoms with van der Waals surface area (Å²) in [6, 6.07) is 7.54. The van der Waals surface area contributed by atoms with Crippen LogP contribution in [0.25, 0.3) is 5.52 Å². The Balaban J connectivity index is 2.62. The Morgan fingerprint density at radius 2 is 2.36 bits per heavy atom. The van der Waals surface area contributed by atoms with Crippen molar-refractivity contribution < 1.29 is 4.79 Å². The van der Waals surface area contributed by atoms with Crippen LogP contribution in [0.4, 0.5) is 0 Å². The highest BCUT2D eigenvalue weighted by Crippen LogP contribution is 2.09. The standard InChI is InChI=1S/C10H11N3O/c1-7-3-2-4-8-5-9(10(14)6-11)12-13(7)8/h2-5H,6,11H2,1H3. The van der Waals surface area contributed by atoms with Crippen molar-refractivity contribution in [3.8, 4) is 0 Å². The molecule has 2 N–H and O–H groups in total. The third-order valence-corrected chi connectivity index (χ3v) is 2.15. The summed E-state index contributed by atoms with van der Waals surface area (Å²) in [6.45, 7) is 1.94. The largest absolute Gasteiger partial charge is 0.324 e. The van der Waals surface area contributed by atoms with E-state index < -0.39 is 0 Å². The highest BCUT2D eigenvalue weighted by molar-refractivity contribution is 5.96. The fraction of sp³-hybridized carbons (Fsp3) is 0.200. The lowest BCUT2D eigenvalue weighted by Crippen LogP contribution is -2.14. The van der Waals surface area contributed by atoms with Crippen LogP contribution in [0.3, 0.4) is 0 Å². The quantitative estimate of drug-likeness (QED) is 0.710. The second-order valence-corrected chi connectivity index (χ2v) is 3.16. The SMILES string of the molecule is Cc1cccc2cc(C(=O)CN)nn12. The van der Waals surface area contributed by atoms with Crippen LogP contribution in [0.1, 0.15) is 16.2 Å². The summed E-state index contributed by atoms with van der Waals surface area (Å²) >= 11 is 0. The van der Waals surface area contributed by atoms with E-state index in [0.717, 1.165) is 11.2 Å². The second-order valence-electron chi connectivity index (χ2n) is 3.16. The molecule has 2 aromatic rings. The summed E-state index contributed by atoms with van der Waals surface area (Å²) in [5.41, 5.74) is 7.61. The number of carbonyl (C=O) groups is 1. The average molecular weight is 189 g/mol. The lowest BCUT2D eigenvalue weighted by molar-refractivity contribution is 0.0996. The minimum atomic E-state index is -0.131. The number of nitrogens with two attached hydrogens (primary N) is 1. The molecule has 0 bridgehead atoms. The minimum Gasteiger partial charge on any atom is -0.324 e. The van der Waals surface area contributed by atoms with Crippen molar-refractivity contribution in [3.05, 3.63) is 35.7 Å². The second kappa shape index (κ2) is 3.23. The highest BCUT2D eigenvalue weighted by Gasteiger charge is 2.08. The normalized spacial score (nSPS) is 10.7. The van der Waals surface area contributed by atoms with Gasteiger partial charge in [0.2, 0.25) is 0 Å². The fourth-order valence-corrected chi connectivity index (χ4v) is 1.39. The molecule has 0 atom stereocenters. The Morgan fingerprint density at radius 3 is 3.00 bits per heavy atom. The van der Waals surface area contributed by atoms with Gasteiger partial charge >= 0.3 is 0 Å². The minimum absolute atomic E-state index is 0.00291. The van der Waals surface area contributed by atoms with Gasteiger partial charge in [-0.3, -0.25) is 4.79 Å². The van der Waals surface area contributed by atoms with E-state index in [1.54, 1.807) is 10.6 Å². The maximum atomic E-state index is 11.3. The number of carbonyl (C=O) groups excluding carboxylic acids is 1. The number of hydrogen-bond acceptors (Lipinski definition) is 3. The van der Waals surface area contributed by atoms with E-state index >= 15 is 0 Å². The van der Waals surface area contributed by atoms with E-state index in [9.17, 15) is 4.79 Å². The van der Waals surface area contributed by atoms with Crippen LogP contribution >= 0.6 is 0 Å². The smallest absolute Gasteiger partial charge is 0.196 e. The van der Waals surface area contributed by atoms with Crippen molar-refractivity contribution in [2.24, 2.45) is 5.73 Å². The topological polar surface area (TPSA) is 60.4 Å². The summed E-state index contributed by atoms with van der Waals surface area (Å²) in [4.78, 5) is 11.3. The summed E-state index contributed by atoms with van der Waals surface area (Å²) < 4.78 is 1.74. The first-order chi connectivity index (χ1) is 6.72. The molecule has 2 heterocycles. The molecule has 0 aromatic carbocycles. The predicted octanol–water partition coefficient (Wildman–Crippen LogP) is 0.784. The van der Waals surface area contributed by atoms with Crippen LogP contribution in [0.2, 0.25) is 0 Å². The third-order valence-electron chi connectivity index (χ3n) is 2.15. The zero-order chi connectivity index (χ0) is 10.1. The van der Waals surface area contributed by atoms with Gasteiger partial charge in [0.25, 0.3) is 0 Å². The molecule has 0 spiro atoms. The molecule has 0 saturated carbocycles. The summed E-state index contributed by atoms with van der Waals surface area (Å²) in [7, 11) is 0. The van der Waals surface area contributed by atoms with Crippen molar-refractivity contribution in [3.63, 3.8) is 0 Å². The predicted molar refractivity (Wildman–Crippen MR) is 53.3 cm³/mol. The zero-order valence-corrected chi connectivity index (χ0v) is 7.90. The van der Waals surface area contributed by atoms with Crippen molar-refractivity contribution in [1.82, 2.24) is 9.61 Å². The maximum Gasteiger partial charge on any atom is 0.196 e. The molecular formula is C10H11N3O. The van der Waals surface area contributed by atoms with Gasteiger partial charge in [-0.25, -0.2) is 4.52 Å². The number of fused-ring (bicyclic) bond motifs is 1. The molecule has 0 saturated heterocycles. The Kier molecular flexibility index (Phi) is 2.05. The van der Waals surface area contributed by atoms with E-state index in [4.69, 9.17) is 5.73 Å². The van der Waals surface area contributed by atoms with Gasteiger partial charge in [-0.15, -0.1) is 0 Å². The number of nitrogens with zero attached hydrogens (tertiary/aromatic N) is 2. The van der Waals surface area contributed by atoms with Crippen molar-refractivity contribution in [2.75, 3.05) is 6.54 Å². The van der Waals surface area contributed by atoms with Crippen molar-refractivity contribution >= 4 is 11.3 Å². The summed E-state index contributed by atoms with van der Waals surface area (Å²) in [5, 5.41) is 4.17. The molecule has 0 amide bonds. The number of ketones is 1. The average Bonchev–Trinajstić information content (AvgIpc) is 2.62. The third kappa shape index (κ3) is 1.29. The molecule has 14 heavy (non-hydrogen) atoms. The summed E-state index contributed by atoms with van der Waals surface area (Å²) in [6.07, 6.45) is 0. The molecule has 0 radical (unpaired) electrons. The Bertz CT molecular complexity index is 487. The number of pyridine rings is 1. The molecule has 0 fully saturated rings. The first-order valence-corrected chi connectivity index (χ1v) is 4.41. The van der Waals surface area contributed by atoms with Gasteiger partial charge in [-0.1, -0.05) is 6.07 Å². The Hall–Kier alpha value is -1.68. The van der Waals surface area contributed by atoms with Gasteiger partial charge in [-0.05, 0) is 25.1 Å². The molecule has 0 aliphatic rings. The van der Waals surface area contributed by atoms with Crippen LogP contribution in [0.5, 0.6) is 0 Å². The Labute approximate surface area is 81.3 Å². The lowest BCUT2D eigenvalue weighted by atomic mass is 10.2. The number of Topliss-reactive ketones (excluding diaryl/α,β-unsaturated/α-hetero) is 1. The van der Waals surface area contributed by atoms with E-state index in [-0.39, 0.29) is 12.3 Å². The Morgan fingerprint density at radius 1 is 1.57 bits per heavy atom. The van der Waals surface area contributed by atoms with E-state index in [1.165, 1.54) is 0 Å². The molecule has 0 aliphatic heterocycles. The van der Waals surface area contributed by atoms with Crippen LogP contribution in [0.15, 0.2) is 24.3 Å². The highest BCUT2D eigenvalue weighted by atomic mass is 16.1. The molecule has 4 heteroatoms. The van der Waals surface area contributed by atoms with Crippen LogP contribution in [0, 0.1) is 6.92 Å². The molecule has 0 unspecified atom stereocenters. The van der Waals surface area contributed by atoms with E-state index in [0.29, 0.717) is 5.69 Å². The zero-order valence-electron chi connectivity index (χ0n) is 7.90. The van der Waals surface area contributed by atoms with Gasteiger partial charge in [-0.2, -0.15) is 5.10 Å². The summed E-state index contributed by atoms with van der Waals surface area (Å²) in [5.74, 6) is -0.131. The molecule has 2 aromatic heterocycles. The van der Waals surface area contributed by atoms with Crippen LogP contribution in [-0.2, 0) is 0 Å². The fourth-order valence-electron chi connectivity index (χ4n) is 1.39. The van der Waals surface area contributed by atoms with Crippen molar-refractivity contribution in [1.29, 1.82) is 0 Å². The number of aryl methyl sites for hydroxylation is 1. The van der Waals surface area contributed by atoms with Crippen molar-refractivity contribution in [2.45, 2.75) is 6.92 Å². The monoisotopic (exact) mass is 189 g/mol.